The highest BCUT2D eigenvalue weighted by Crippen LogP contribution is 2.49. The average molecular weight is 462 g/mol. The van der Waals surface area contributed by atoms with Crippen LogP contribution >= 0.6 is 11.6 Å². The van der Waals surface area contributed by atoms with Crippen molar-refractivity contribution < 1.29 is 14.3 Å². The van der Waals surface area contributed by atoms with E-state index in [9.17, 15) is 9.18 Å². The summed E-state index contributed by atoms with van der Waals surface area (Å²) in [4.78, 5) is 15.0. The Balaban J connectivity index is 1.71. The number of pyridine rings is 1. The average Bonchev–Trinajstić information content (AvgIpc) is 3.59. The summed E-state index contributed by atoms with van der Waals surface area (Å²) in [5.74, 6) is -0.652. The zero-order chi connectivity index (χ0) is 22.9. The maximum Gasteiger partial charge on any atom is 0.328 e. The minimum Gasteiger partial charge on any atom is -0.478 e. The van der Waals surface area contributed by atoms with Crippen molar-refractivity contribution in [2.24, 2.45) is 5.92 Å². The number of nitrogens with one attached hydrogen (secondary N) is 2. The maximum absolute atomic E-state index is 14.4. The first-order chi connectivity index (χ1) is 16.0. The van der Waals surface area contributed by atoms with Crippen molar-refractivity contribution >= 4 is 40.5 Å². The first-order valence-corrected chi connectivity index (χ1v) is 11.0. The molecular formula is C26H21ClFN3O2. The second kappa shape index (κ2) is 8.81. The fraction of sp³-hybridized carbons (Fsp3) is 0.154. The van der Waals surface area contributed by atoms with Crippen LogP contribution in [-0.4, -0.2) is 16.1 Å². The van der Waals surface area contributed by atoms with Crippen LogP contribution in [0, 0.1) is 5.92 Å². The number of benzene rings is 2. The van der Waals surface area contributed by atoms with Crippen molar-refractivity contribution in [2.45, 2.75) is 19.1 Å². The molecule has 0 bridgehead atoms. The van der Waals surface area contributed by atoms with Gasteiger partial charge in [0.2, 0.25) is 0 Å². The minimum absolute atomic E-state index is 0.345. The smallest absolute Gasteiger partial charge is 0.328 e. The van der Waals surface area contributed by atoms with Gasteiger partial charge in [-0.3, -0.25) is 4.98 Å². The number of carboxylic acids is 1. The quantitative estimate of drug-likeness (QED) is 0.305. The van der Waals surface area contributed by atoms with Gasteiger partial charge in [0.05, 0.1) is 10.7 Å². The minimum atomic E-state index is -1.29. The number of carboxylic acid groups (broad SMARTS) is 1. The largest absolute Gasteiger partial charge is 0.478 e. The van der Waals surface area contributed by atoms with Crippen LogP contribution in [0.3, 0.4) is 0 Å². The van der Waals surface area contributed by atoms with Gasteiger partial charge in [-0.15, -0.1) is 0 Å². The molecule has 3 N–H and O–H groups in total. The molecule has 1 aliphatic carbocycles. The van der Waals surface area contributed by atoms with Gasteiger partial charge in [0.25, 0.3) is 0 Å². The van der Waals surface area contributed by atoms with E-state index in [1.165, 1.54) is 0 Å². The SMILES string of the molecule is O=C(O)/C=C/c1ccc(/C(=C(\c2ccncc2Cl)C2CC2)c2ccc3c(c2)C(F)NN3)cc1. The van der Waals surface area contributed by atoms with E-state index in [4.69, 9.17) is 16.7 Å². The topological polar surface area (TPSA) is 74.2 Å². The van der Waals surface area contributed by atoms with Crippen molar-refractivity contribution in [1.29, 1.82) is 0 Å². The Labute approximate surface area is 195 Å². The molecule has 0 spiro atoms. The number of carbonyl (C=O) groups is 1. The molecule has 0 amide bonds. The van der Waals surface area contributed by atoms with E-state index in [0.29, 0.717) is 16.5 Å². The molecule has 1 aromatic heterocycles. The van der Waals surface area contributed by atoms with Crippen molar-refractivity contribution in [3.05, 3.63) is 99.8 Å². The predicted molar refractivity (Wildman–Crippen MR) is 128 cm³/mol. The van der Waals surface area contributed by atoms with Gasteiger partial charge in [-0.2, -0.15) is 0 Å². The van der Waals surface area contributed by atoms with Gasteiger partial charge in [-0.1, -0.05) is 41.9 Å². The third-order valence-corrected chi connectivity index (χ3v) is 6.18. The van der Waals surface area contributed by atoms with Crippen LogP contribution in [0.4, 0.5) is 10.1 Å². The van der Waals surface area contributed by atoms with Crippen molar-refractivity contribution in [1.82, 2.24) is 10.4 Å². The summed E-state index contributed by atoms with van der Waals surface area (Å²) in [6, 6.07) is 15.3. The second-order valence-corrected chi connectivity index (χ2v) is 8.55. The molecule has 1 unspecified atom stereocenters. The first-order valence-electron chi connectivity index (χ1n) is 10.7. The molecule has 7 heteroatoms. The molecule has 1 saturated carbocycles. The number of halogens is 2. The van der Waals surface area contributed by atoms with E-state index in [-0.39, 0.29) is 0 Å². The Morgan fingerprint density at radius 1 is 1.12 bits per heavy atom. The van der Waals surface area contributed by atoms with Crippen LogP contribution in [0.2, 0.25) is 5.02 Å². The molecule has 2 aliphatic rings. The Kier molecular flexibility index (Phi) is 5.70. The molecule has 0 radical (unpaired) electrons. The fourth-order valence-electron chi connectivity index (χ4n) is 4.19. The van der Waals surface area contributed by atoms with E-state index < -0.39 is 12.3 Å². The van der Waals surface area contributed by atoms with Crippen LogP contribution in [0.5, 0.6) is 0 Å². The lowest BCUT2D eigenvalue weighted by Crippen LogP contribution is -2.14. The monoisotopic (exact) mass is 461 g/mol. The van der Waals surface area contributed by atoms with Gasteiger partial charge in [-0.05, 0) is 70.9 Å². The number of anilines is 1. The number of aromatic nitrogens is 1. The number of alkyl halides is 1. The van der Waals surface area contributed by atoms with E-state index in [2.05, 4.69) is 15.8 Å². The van der Waals surface area contributed by atoms with Crippen molar-refractivity contribution in [3.63, 3.8) is 0 Å². The number of hydrazine groups is 1. The van der Waals surface area contributed by atoms with Crippen LogP contribution in [0.25, 0.3) is 17.2 Å². The number of aliphatic carboxylic acids is 1. The maximum atomic E-state index is 14.4. The zero-order valence-electron chi connectivity index (χ0n) is 17.6. The third kappa shape index (κ3) is 4.40. The molecule has 5 nitrogen and oxygen atoms in total. The number of nitrogens with zero attached hydrogens (tertiary/aromatic N) is 1. The molecule has 166 valence electrons. The van der Waals surface area contributed by atoms with Gasteiger partial charge >= 0.3 is 5.97 Å². The Hall–Kier alpha value is -3.48. The first kappa shape index (κ1) is 21.4. The molecule has 2 heterocycles. The van der Waals surface area contributed by atoms with Crippen LogP contribution < -0.4 is 10.9 Å². The molecule has 1 atom stereocenters. The lowest BCUT2D eigenvalue weighted by molar-refractivity contribution is -0.131. The van der Waals surface area contributed by atoms with E-state index in [0.717, 1.165) is 58.0 Å². The summed E-state index contributed by atoms with van der Waals surface area (Å²) < 4.78 is 14.4. The van der Waals surface area contributed by atoms with Gasteiger partial charge in [0.1, 0.15) is 0 Å². The Morgan fingerprint density at radius 3 is 2.58 bits per heavy atom. The summed E-state index contributed by atoms with van der Waals surface area (Å²) >= 11 is 6.58. The molecule has 5 rings (SSSR count). The lowest BCUT2D eigenvalue weighted by atomic mass is 9.86. The predicted octanol–water partition coefficient (Wildman–Crippen LogP) is 6.10. The van der Waals surface area contributed by atoms with Crippen LogP contribution in [0.1, 0.15) is 47.0 Å². The molecule has 0 saturated heterocycles. The van der Waals surface area contributed by atoms with E-state index >= 15 is 0 Å². The van der Waals surface area contributed by atoms with E-state index in [1.54, 1.807) is 18.5 Å². The highest BCUT2D eigenvalue weighted by atomic mass is 35.5. The Morgan fingerprint density at radius 2 is 1.88 bits per heavy atom. The molecule has 3 aromatic rings. The summed E-state index contributed by atoms with van der Waals surface area (Å²) in [7, 11) is 0. The fourth-order valence-corrected chi connectivity index (χ4v) is 4.41. The Bertz CT molecular complexity index is 1280. The zero-order valence-corrected chi connectivity index (χ0v) is 18.3. The molecular weight excluding hydrogens is 441 g/mol. The van der Waals surface area contributed by atoms with Gasteiger partial charge in [0.15, 0.2) is 6.30 Å². The molecule has 1 fully saturated rings. The number of allylic oxidation sites excluding steroid dienone is 1. The summed E-state index contributed by atoms with van der Waals surface area (Å²) in [6.07, 6.45) is 6.85. The normalized spacial score (nSPS) is 18.1. The number of hydrogen-bond acceptors (Lipinski definition) is 4. The highest BCUT2D eigenvalue weighted by Gasteiger charge is 2.32. The summed E-state index contributed by atoms with van der Waals surface area (Å²) in [5.41, 5.74) is 12.4. The molecule has 2 aromatic carbocycles. The van der Waals surface area contributed by atoms with E-state index in [1.807, 2.05) is 48.5 Å². The highest BCUT2D eigenvalue weighted by molar-refractivity contribution is 6.32. The third-order valence-electron chi connectivity index (χ3n) is 5.88. The van der Waals surface area contributed by atoms with Crippen LogP contribution in [0.15, 0.2) is 67.0 Å². The lowest BCUT2D eigenvalue weighted by Gasteiger charge is -2.19. The van der Waals surface area contributed by atoms with Crippen molar-refractivity contribution in [3.8, 4) is 0 Å². The molecule has 33 heavy (non-hydrogen) atoms. The summed E-state index contributed by atoms with van der Waals surface area (Å²) in [5, 5.41) is 9.48. The van der Waals surface area contributed by atoms with Gasteiger partial charge in [0, 0.05) is 29.6 Å². The number of rotatable bonds is 6. The van der Waals surface area contributed by atoms with Gasteiger partial charge in [-0.25, -0.2) is 14.6 Å². The number of fused-ring (bicyclic) bond motifs is 1. The van der Waals surface area contributed by atoms with Gasteiger partial charge < -0.3 is 10.5 Å². The van der Waals surface area contributed by atoms with Crippen molar-refractivity contribution in [2.75, 3.05) is 5.43 Å². The molecule has 1 aliphatic heterocycles. The standard InChI is InChI=1S/C26H21ClFN3O2/c27-21-14-29-12-11-19(21)25(17-6-7-17)24(16-4-1-15(2-5-16)3-10-23(32)33)18-8-9-22-20(13-18)26(28)31-30-22/h1-5,8-14,17,26,30-31H,6-7H2,(H,32,33)/b10-3+,25-24+. The number of hydrogen-bond donors (Lipinski definition) is 3. The van der Waals surface area contributed by atoms with Crippen LogP contribution in [-0.2, 0) is 4.79 Å². The summed E-state index contributed by atoms with van der Waals surface area (Å²) in [6.45, 7) is 0. The second-order valence-electron chi connectivity index (χ2n) is 8.15.